The molecule has 0 unspecified atom stereocenters. The van der Waals surface area contributed by atoms with E-state index in [0.29, 0.717) is 23.0 Å². The maximum absolute atomic E-state index is 12.0. The highest BCUT2D eigenvalue weighted by Gasteiger charge is 2.15. The second-order valence-corrected chi connectivity index (χ2v) is 6.75. The Labute approximate surface area is 154 Å². The summed E-state index contributed by atoms with van der Waals surface area (Å²) in [6, 6.07) is 14.9. The van der Waals surface area contributed by atoms with E-state index in [-0.39, 0.29) is 16.3 Å². The van der Waals surface area contributed by atoms with Crippen molar-refractivity contribution < 1.29 is 4.92 Å². The number of nitrogens with one attached hydrogen (secondary N) is 1. The summed E-state index contributed by atoms with van der Waals surface area (Å²) in [6.45, 7) is 2.26. The van der Waals surface area contributed by atoms with E-state index in [1.165, 1.54) is 17.8 Å². The molecule has 0 aliphatic carbocycles. The molecule has 0 aliphatic heterocycles. The molecule has 8 heteroatoms. The molecule has 0 radical (unpaired) electrons. The average molecular weight is 370 g/mol. The zero-order valence-electron chi connectivity index (χ0n) is 14.2. The highest BCUT2D eigenvalue weighted by Crippen LogP contribution is 2.27. The molecule has 1 N–H and O–H groups in total. The number of hydrogen-bond acceptors (Lipinski definition) is 5. The molecule has 2 aromatic carbocycles. The van der Waals surface area contributed by atoms with Gasteiger partial charge in [0.2, 0.25) is 0 Å². The first-order valence-corrected chi connectivity index (χ1v) is 9.09. The zero-order chi connectivity index (χ0) is 18.5. The van der Waals surface area contributed by atoms with Gasteiger partial charge in [0, 0.05) is 23.9 Å². The van der Waals surface area contributed by atoms with Crippen LogP contribution in [0, 0.1) is 17.0 Å². The van der Waals surface area contributed by atoms with E-state index in [1.54, 1.807) is 17.6 Å². The summed E-state index contributed by atoms with van der Waals surface area (Å²) in [6.07, 6.45) is 0.726. The fraction of sp³-hybridized carbons (Fsp3) is 0.222. The fourth-order valence-corrected chi connectivity index (χ4v) is 3.70. The van der Waals surface area contributed by atoms with Crippen LogP contribution in [-0.4, -0.2) is 19.7 Å². The molecule has 1 aromatic heterocycles. The van der Waals surface area contributed by atoms with Gasteiger partial charge in [-0.15, -0.1) is 5.10 Å². The Kier molecular flexibility index (Phi) is 5.52. The molecule has 0 spiro atoms. The number of aromatic amines is 1. The van der Waals surface area contributed by atoms with E-state index >= 15 is 0 Å². The quantitative estimate of drug-likeness (QED) is 0.391. The Morgan fingerprint density at radius 3 is 2.69 bits per heavy atom. The first-order valence-electron chi connectivity index (χ1n) is 8.11. The Morgan fingerprint density at radius 1 is 1.19 bits per heavy atom. The zero-order valence-corrected chi connectivity index (χ0v) is 15.0. The molecular formula is C18H18N4O3S. The third-order valence-electron chi connectivity index (χ3n) is 4.16. The van der Waals surface area contributed by atoms with Crippen molar-refractivity contribution in [1.82, 2.24) is 14.8 Å². The number of nitro groups is 1. The molecule has 0 bridgehead atoms. The number of aromatic nitrogens is 3. The predicted octanol–water partition coefficient (Wildman–Crippen LogP) is 3.32. The molecule has 0 amide bonds. The third-order valence-corrected chi connectivity index (χ3v) is 5.19. The third kappa shape index (κ3) is 4.02. The van der Waals surface area contributed by atoms with Crippen LogP contribution in [0.2, 0.25) is 0 Å². The van der Waals surface area contributed by atoms with Gasteiger partial charge in [0.15, 0.2) is 5.16 Å². The smallest absolute Gasteiger partial charge is 0.270 e. The molecule has 1 heterocycles. The predicted molar refractivity (Wildman–Crippen MR) is 100 cm³/mol. The van der Waals surface area contributed by atoms with Gasteiger partial charge in [0.1, 0.15) is 0 Å². The minimum Gasteiger partial charge on any atom is -0.270 e. The molecule has 0 saturated heterocycles. The lowest BCUT2D eigenvalue weighted by molar-refractivity contribution is -0.385. The second kappa shape index (κ2) is 8.01. The summed E-state index contributed by atoms with van der Waals surface area (Å²) in [5.41, 5.74) is 2.49. The lowest BCUT2D eigenvalue weighted by atomic mass is 10.1. The van der Waals surface area contributed by atoms with E-state index < -0.39 is 0 Å². The van der Waals surface area contributed by atoms with Crippen molar-refractivity contribution in [2.75, 3.05) is 0 Å². The number of benzene rings is 2. The molecule has 3 aromatic rings. The highest BCUT2D eigenvalue weighted by molar-refractivity contribution is 7.98. The van der Waals surface area contributed by atoms with Crippen molar-refractivity contribution in [2.45, 2.75) is 30.8 Å². The number of aryl methyl sites for hydroxylation is 1. The van der Waals surface area contributed by atoms with Crippen molar-refractivity contribution in [3.8, 4) is 0 Å². The number of nitro benzene ring substituents is 1. The second-order valence-electron chi connectivity index (χ2n) is 5.81. The molecular weight excluding hydrogens is 352 g/mol. The lowest BCUT2D eigenvalue weighted by Crippen LogP contribution is -2.18. The Morgan fingerprint density at radius 2 is 1.96 bits per heavy atom. The average Bonchev–Trinajstić information content (AvgIpc) is 2.99. The molecule has 0 aliphatic rings. The summed E-state index contributed by atoms with van der Waals surface area (Å²) < 4.78 is 1.60. The van der Waals surface area contributed by atoms with Crippen LogP contribution in [0.25, 0.3) is 0 Å². The van der Waals surface area contributed by atoms with Gasteiger partial charge in [-0.3, -0.25) is 14.7 Å². The number of hydrogen-bond donors (Lipinski definition) is 1. The molecule has 0 fully saturated rings. The largest absolute Gasteiger partial charge is 0.343 e. The Bertz CT molecular complexity index is 966. The van der Waals surface area contributed by atoms with Gasteiger partial charge in [-0.05, 0) is 24.5 Å². The van der Waals surface area contributed by atoms with Gasteiger partial charge in [-0.25, -0.2) is 9.89 Å². The first kappa shape index (κ1) is 17.9. The monoisotopic (exact) mass is 370 g/mol. The van der Waals surface area contributed by atoms with Crippen LogP contribution in [0.1, 0.15) is 16.7 Å². The lowest BCUT2D eigenvalue weighted by Gasteiger charge is -2.08. The normalized spacial score (nSPS) is 10.8. The van der Waals surface area contributed by atoms with E-state index in [1.807, 2.05) is 36.4 Å². The van der Waals surface area contributed by atoms with Gasteiger partial charge in [0.25, 0.3) is 5.69 Å². The Hall–Kier alpha value is -2.87. The molecule has 7 nitrogen and oxygen atoms in total. The van der Waals surface area contributed by atoms with E-state index in [0.717, 1.165) is 17.5 Å². The van der Waals surface area contributed by atoms with Crippen LogP contribution in [0.3, 0.4) is 0 Å². The fourth-order valence-electron chi connectivity index (χ4n) is 2.66. The minimum atomic E-state index is -0.381. The van der Waals surface area contributed by atoms with Crippen molar-refractivity contribution in [2.24, 2.45) is 0 Å². The standard InChI is InChI=1S/C18H18N4O3S/c1-13-15(8-5-9-16(13)22(24)25)12-26-18-20-19-17(23)21(18)11-10-14-6-3-2-4-7-14/h2-9H,10-12H2,1H3,(H,19,23). The SMILES string of the molecule is Cc1c(CSc2n[nH]c(=O)n2CCc2ccccc2)cccc1[N+](=O)[O-]. The van der Waals surface area contributed by atoms with Gasteiger partial charge in [-0.2, -0.15) is 0 Å². The highest BCUT2D eigenvalue weighted by atomic mass is 32.2. The van der Waals surface area contributed by atoms with Gasteiger partial charge in [-0.1, -0.05) is 54.2 Å². The molecule has 0 saturated carbocycles. The summed E-state index contributed by atoms with van der Waals surface area (Å²) in [4.78, 5) is 22.7. The van der Waals surface area contributed by atoms with Crippen LogP contribution in [0.5, 0.6) is 0 Å². The van der Waals surface area contributed by atoms with Crippen molar-refractivity contribution in [3.63, 3.8) is 0 Å². The van der Waals surface area contributed by atoms with E-state index in [4.69, 9.17) is 0 Å². The molecule has 134 valence electrons. The first-order chi connectivity index (χ1) is 12.6. The Balaban J connectivity index is 1.73. The number of nitrogens with zero attached hydrogens (tertiary/aromatic N) is 3. The molecule has 26 heavy (non-hydrogen) atoms. The van der Waals surface area contributed by atoms with E-state index in [2.05, 4.69) is 10.2 Å². The van der Waals surface area contributed by atoms with Crippen molar-refractivity contribution >= 4 is 17.4 Å². The van der Waals surface area contributed by atoms with Crippen molar-refractivity contribution in [3.05, 3.63) is 85.8 Å². The molecule has 3 rings (SSSR count). The topological polar surface area (TPSA) is 93.8 Å². The van der Waals surface area contributed by atoms with Crippen molar-refractivity contribution in [1.29, 1.82) is 0 Å². The summed E-state index contributed by atoms with van der Waals surface area (Å²) in [5.74, 6) is 0.503. The summed E-state index contributed by atoms with van der Waals surface area (Å²) in [7, 11) is 0. The number of thioether (sulfide) groups is 1. The summed E-state index contributed by atoms with van der Waals surface area (Å²) >= 11 is 1.39. The van der Waals surface area contributed by atoms with Crippen LogP contribution >= 0.6 is 11.8 Å². The maximum atomic E-state index is 12.0. The van der Waals surface area contributed by atoms with Crippen LogP contribution in [-0.2, 0) is 18.7 Å². The van der Waals surface area contributed by atoms with Gasteiger partial charge < -0.3 is 0 Å². The minimum absolute atomic E-state index is 0.103. The van der Waals surface area contributed by atoms with Crippen LogP contribution in [0.15, 0.2) is 58.5 Å². The van der Waals surface area contributed by atoms with Crippen LogP contribution < -0.4 is 5.69 Å². The summed E-state index contributed by atoms with van der Waals surface area (Å²) in [5, 5.41) is 18.2. The number of rotatable bonds is 7. The number of H-pyrrole nitrogens is 1. The molecule has 0 atom stereocenters. The maximum Gasteiger partial charge on any atom is 0.343 e. The van der Waals surface area contributed by atoms with Crippen LogP contribution in [0.4, 0.5) is 5.69 Å². The van der Waals surface area contributed by atoms with Gasteiger partial charge in [0.05, 0.1) is 4.92 Å². The van der Waals surface area contributed by atoms with Gasteiger partial charge >= 0.3 is 5.69 Å². The van der Waals surface area contributed by atoms with E-state index in [9.17, 15) is 14.9 Å².